The molecule has 0 aliphatic carbocycles. The number of thioether (sulfide) groups is 1. The molecule has 2 heterocycles. The summed E-state index contributed by atoms with van der Waals surface area (Å²) in [5.74, 6) is 0.875. The summed E-state index contributed by atoms with van der Waals surface area (Å²) in [6, 6.07) is 8.34. The van der Waals surface area contributed by atoms with Crippen LogP contribution in [0.1, 0.15) is 5.56 Å². The minimum atomic E-state index is 0.875. The first-order valence-corrected chi connectivity index (χ1v) is 7.98. The molecule has 0 radical (unpaired) electrons. The maximum Gasteiger partial charge on any atom is 0.151 e. The van der Waals surface area contributed by atoms with Crippen LogP contribution in [0.25, 0.3) is 10.2 Å². The van der Waals surface area contributed by atoms with Crippen LogP contribution in [0.15, 0.2) is 40.9 Å². The van der Waals surface area contributed by atoms with Gasteiger partial charge < -0.3 is 5.32 Å². The SMILES string of the molecule is CSc1ccc(Nc2ncnc3c(C)csc23)cc1. The third-order valence-electron chi connectivity index (χ3n) is 2.88. The Kier molecular flexibility index (Phi) is 3.40. The summed E-state index contributed by atoms with van der Waals surface area (Å²) >= 11 is 3.41. The van der Waals surface area contributed by atoms with Gasteiger partial charge in [-0.15, -0.1) is 23.1 Å². The van der Waals surface area contributed by atoms with Gasteiger partial charge >= 0.3 is 0 Å². The van der Waals surface area contributed by atoms with Gasteiger partial charge in [-0.3, -0.25) is 0 Å². The molecule has 0 unspecified atom stereocenters. The molecule has 1 N–H and O–H groups in total. The molecule has 0 amide bonds. The molecule has 0 saturated carbocycles. The number of thiophene rings is 1. The van der Waals surface area contributed by atoms with Gasteiger partial charge in [-0.1, -0.05) is 0 Å². The van der Waals surface area contributed by atoms with Gasteiger partial charge in [0.05, 0.1) is 10.2 Å². The molecule has 19 heavy (non-hydrogen) atoms. The first-order valence-electron chi connectivity index (χ1n) is 5.88. The van der Waals surface area contributed by atoms with Gasteiger partial charge in [0.1, 0.15) is 6.33 Å². The number of aromatic nitrogens is 2. The van der Waals surface area contributed by atoms with Crippen molar-refractivity contribution in [1.82, 2.24) is 9.97 Å². The predicted octanol–water partition coefficient (Wildman–Crippen LogP) is 4.47. The van der Waals surface area contributed by atoms with Gasteiger partial charge in [0.15, 0.2) is 5.82 Å². The van der Waals surface area contributed by atoms with Crippen molar-refractivity contribution in [2.24, 2.45) is 0 Å². The number of nitrogens with zero attached hydrogens (tertiary/aromatic N) is 2. The van der Waals surface area contributed by atoms with Gasteiger partial charge in [0.2, 0.25) is 0 Å². The van der Waals surface area contributed by atoms with Crippen LogP contribution in [0.2, 0.25) is 0 Å². The average Bonchev–Trinajstić information content (AvgIpc) is 2.83. The van der Waals surface area contributed by atoms with Crippen LogP contribution in [0.3, 0.4) is 0 Å². The largest absolute Gasteiger partial charge is 0.339 e. The molecule has 1 aromatic carbocycles. The maximum atomic E-state index is 4.34. The van der Waals surface area contributed by atoms with E-state index in [4.69, 9.17) is 0 Å². The summed E-state index contributed by atoms with van der Waals surface area (Å²) in [5.41, 5.74) is 3.27. The molecule has 0 fully saturated rings. The Morgan fingerprint density at radius 3 is 2.68 bits per heavy atom. The lowest BCUT2D eigenvalue weighted by Gasteiger charge is -2.06. The Hall–Kier alpha value is -1.59. The summed E-state index contributed by atoms with van der Waals surface area (Å²) in [6.45, 7) is 2.07. The van der Waals surface area contributed by atoms with Crippen LogP contribution in [0.4, 0.5) is 11.5 Å². The van der Waals surface area contributed by atoms with Crippen molar-refractivity contribution in [3.05, 3.63) is 41.5 Å². The fraction of sp³-hybridized carbons (Fsp3) is 0.143. The van der Waals surface area contributed by atoms with E-state index in [0.717, 1.165) is 21.7 Å². The van der Waals surface area contributed by atoms with Crippen LogP contribution in [-0.2, 0) is 0 Å². The van der Waals surface area contributed by atoms with Crippen LogP contribution < -0.4 is 5.32 Å². The zero-order chi connectivity index (χ0) is 13.2. The number of hydrogen-bond donors (Lipinski definition) is 1. The molecule has 0 atom stereocenters. The highest BCUT2D eigenvalue weighted by atomic mass is 32.2. The number of benzene rings is 1. The van der Waals surface area contributed by atoms with E-state index in [-0.39, 0.29) is 0 Å². The highest BCUT2D eigenvalue weighted by Crippen LogP contribution is 2.30. The van der Waals surface area contributed by atoms with Gasteiger partial charge in [0, 0.05) is 10.6 Å². The summed E-state index contributed by atoms with van der Waals surface area (Å²) in [7, 11) is 0. The van der Waals surface area contributed by atoms with Crippen molar-refractivity contribution in [1.29, 1.82) is 0 Å². The van der Waals surface area contributed by atoms with Crippen LogP contribution in [0.5, 0.6) is 0 Å². The topological polar surface area (TPSA) is 37.8 Å². The minimum Gasteiger partial charge on any atom is -0.339 e. The highest BCUT2D eigenvalue weighted by molar-refractivity contribution is 7.98. The summed E-state index contributed by atoms with van der Waals surface area (Å²) in [5, 5.41) is 5.47. The van der Waals surface area contributed by atoms with Gasteiger partial charge in [-0.2, -0.15) is 0 Å². The average molecular weight is 287 g/mol. The van der Waals surface area contributed by atoms with Crippen molar-refractivity contribution in [3.8, 4) is 0 Å². The third kappa shape index (κ3) is 2.43. The molecule has 3 aromatic rings. The number of aryl methyl sites for hydroxylation is 1. The number of hydrogen-bond acceptors (Lipinski definition) is 5. The Morgan fingerprint density at radius 1 is 1.16 bits per heavy atom. The quantitative estimate of drug-likeness (QED) is 0.721. The van der Waals surface area contributed by atoms with Crippen molar-refractivity contribution in [2.45, 2.75) is 11.8 Å². The van der Waals surface area contributed by atoms with Crippen LogP contribution in [-0.4, -0.2) is 16.2 Å². The van der Waals surface area contributed by atoms with Crippen LogP contribution >= 0.6 is 23.1 Å². The fourth-order valence-corrected chi connectivity index (χ4v) is 3.22. The fourth-order valence-electron chi connectivity index (χ4n) is 1.87. The number of nitrogens with one attached hydrogen (secondary N) is 1. The molecule has 0 aliphatic heterocycles. The monoisotopic (exact) mass is 287 g/mol. The molecule has 96 valence electrons. The molecule has 0 aliphatic rings. The third-order valence-corrected chi connectivity index (χ3v) is 4.72. The summed E-state index contributed by atoms with van der Waals surface area (Å²) in [6.07, 6.45) is 3.69. The lowest BCUT2D eigenvalue weighted by atomic mass is 10.3. The van der Waals surface area contributed by atoms with Gasteiger partial charge in [-0.05, 0) is 48.4 Å². The van der Waals surface area contributed by atoms with Crippen molar-refractivity contribution < 1.29 is 0 Å². The molecular formula is C14H13N3S2. The second kappa shape index (κ2) is 5.19. The lowest BCUT2D eigenvalue weighted by Crippen LogP contribution is -1.94. The smallest absolute Gasteiger partial charge is 0.151 e. The summed E-state index contributed by atoms with van der Waals surface area (Å²) in [4.78, 5) is 9.92. The van der Waals surface area contributed by atoms with Crippen molar-refractivity contribution in [2.75, 3.05) is 11.6 Å². The van der Waals surface area contributed by atoms with E-state index in [1.807, 2.05) is 0 Å². The van der Waals surface area contributed by atoms with E-state index in [2.05, 4.69) is 58.1 Å². The zero-order valence-electron chi connectivity index (χ0n) is 10.7. The van der Waals surface area contributed by atoms with Crippen molar-refractivity contribution >= 4 is 44.8 Å². The van der Waals surface area contributed by atoms with Crippen molar-refractivity contribution in [3.63, 3.8) is 0 Å². The predicted molar refractivity (Wildman–Crippen MR) is 83.7 cm³/mol. The molecule has 2 aromatic heterocycles. The van der Waals surface area contributed by atoms with Crippen LogP contribution in [0, 0.1) is 6.92 Å². The molecule has 0 saturated heterocycles. The Balaban J connectivity index is 1.96. The van der Waals surface area contributed by atoms with E-state index in [9.17, 15) is 0 Å². The standard InChI is InChI=1S/C14H13N3S2/c1-9-7-19-13-12(9)15-8-16-14(13)17-10-3-5-11(18-2)6-4-10/h3-8H,1-2H3,(H,15,16,17). The Bertz CT molecular complexity index is 704. The highest BCUT2D eigenvalue weighted by Gasteiger charge is 2.08. The van der Waals surface area contributed by atoms with E-state index >= 15 is 0 Å². The zero-order valence-corrected chi connectivity index (χ0v) is 12.3. The lowest BCUT2D eigenvalue weighted by molar-refractivity contribution is 1.22. The van der Waals surface area contributed by atoms with Gasteiger partial charge in [-0.25, -0.2) is 9.97 Å². The molecule has 5 heteroatoms. The summed E-state index contributed by atoms with van der Waals surface area (Å²) < 4.78 is 1.11. The molecule has 0 bridgehead atoms. The Labute approximate surface area is 120 Å². The number of fused-ring (bicyclic) bond motifs is 1. The van der Waals surface area contributed by atoms with E-state index in [0.29, 0.717) is 0 Å². The first kappa shape index (κ1) is 12.4. The molecule has 3 rings (SSSR count). The second-order valence-electron chi connectivity index (χ2n) is 4.17. The van der Waals surface area contributed by atoms with E-state index < -0.39 is 0 Å². The molecule has 3 nitrogen and oxygen atoms in total. The maximum absolute atomic E-state index is 4.34. The normalized spacial score (nSPS) is 10.8. The minimum absolute atomic E-state index is 0.875. The van der Waals surface area contributed by atoms with E-state index in [1.165, 1.54) is 10.5 Å². The second-order valence-corrected chi connectivity index (χ2v) is 5.93. The molecular weight excluding hydrogens is 274 g/mol. The number of rotatable bonds is 3. The van der Waals surface area contributed by atoms with Gasteiger partial charge in [0.25, 0.3) is 0 Å². The van der Waals surface area contributed by atoms with E-state index in [1.54, 1.807) is 29.4 Å². The molecule has 0 spiro atoms. The Morgan fingerprint density at radius 2 is 1.95 bits per heavy atom. The number of anilines is 2. The first-order chi connectivity index (χ1) is 9.28.